The molecular formula is C39H51N3O10Y-2. The Kier molecular flexibility index (Phi) is 14.9. The van der Waals surface area contributed by atoms with E-state index in [1.165, 1.54) is 33.3 Å². The number of nitrogens with one attached hydrogen (secondary N) is 1. The number of aromatic hydroxyl groups is 1. The second-order valence-corrected chi connectivity index (χ2v) is 13.8. The normalized spacial score (nSPS) is 34.0. The second kappa shape index (κ2) is 17.9. The summed E-state index contributed by atoms with van der Waals surface area (Å²) in [6.45, 7) is 17.7. The van der Waals surface area contributed by atoms with Crippen molar-refractivity contribution in [3.8, 4) is 11.5 Å². The molecule has 0 saturated heterocycles. The predicted molar refractivity (Wildman–Crippen MR) is 196 cm³/mol. The summed E-state index contributed by atoms with van der Waals surface area (Å²) in [5.74, 6) is -5.26. The molecule has 3 heterocycles. The van der Waals surface area contributed by atoms with Crippen LogP contribution in [-0.4, -0.2) is 89.5 Å². The molecule has 0 saturated carbocycles. The molecule has 1 aliphatic carbocycles. The summed E-state index contributed by atoms with van der Waals surface area (Å²) in [5, 5.41) is 52.5. The van der Waals surface area contributed by atoms with Gasteiger partial charge in [0, 0.05) is 99.8 Å². The summed E-state index contributed by atoms with van der Waals surface area (Å²) in [6, 6.07) is 0. The number of phenols is 1. The van der Waals surface area contributed by atoms with Gasteiger partial charge in [0.1, 0.15) is 18.1 Å². The largest absolute Gasteiger partial charge is 0.872 e. The van der Waals surface area contributed by atoms with Crippen LogP contribution < -0.4 is 10.1 Å². The van der Waals surface area contributed by atoms with Gasteiger partial charge in [-0.3, -0.25) is 10.5 Å². The molecule has 1 amide bonds. The van der Waals surface area contributed by atoms with E-state index in [0.717, 1.165) is 0 Å². The molecule has 4 N–H and O–H groups in total. The van der Waals surface area contributed by atoms with Gasteiger partial charge in [-0.2, -0.15) is 12.5 Å². The molecule has 0 unspecified atom stereocenters. The van der Waals surface area contributed by atoms with Crippen LogP contribution in [0.1, 0.15) is 75.5 Å². The average molecular weight is 811 g/mol. The summed E-state index contributed by atoms with van der Waals surface area (Å²) in [7, 11) is 3.08. The zero-order valence-corrected chi connectivity index (χ0v) is 34.9. The molecule has 4 aliphatic rings. The molecule has 1 aromatic carbocycles. The molecule has 5 rings (SSSR count). The van der Waals surface area contributed by atoms with Crippen molar-refractivity contribution in [3.05, 3.63) is 82.0 Å². The number of benzene rings is 1. The van der Waals surface area contributed by atoms with Crippen LogP contribution in [0, 0.1) is 37.5 Å². The van der Waals surface area contributed by atoms with Crippen LogP contribution in [0.25, 0.3) is 5.41 Å². The number of nitrogens with zero attached hydrogens (tertiary/aromatic N) is 2. The van der Waals surface area contributed by atoms with E-state index in [4.69, 9.17) is 23.8 Å². The van der Waals surface area contributed by atoms with Crippen LogP contribution in [-0.2, 0) is 56.6 Å². The quantitative estimate of drug-likeness (QED) is 0.246. The minimum Gasteiger partial charge on any atom is -0.872 e. The number of phenolic OH excluding ortho intramolecular Hbond substituents is 1. The maximum atomic E-state index is 14.0. The Hall–Kier alpha value is -3.33. The summed E-state index contributed by atoms with van der Waals surface area (Å²) >= 11 is 0. The molecule has 13 nitrogen and oxygen atoms in total. The molecule has 1 radical (unpaired) electrons. The van der Waals surface area contributed by atoms with E-state index in [-0.39, 0.29) is 95.8 Å². The molecule has 5 bridgehead atoms. The molecule has 9 atom stereocenters. The number of carbonyl (C=O) groups excluding carboxylic acids is 2. The van der Waals surface area contributed by atoms with Crippen molar-refractivity contribution in [1.82, 2.24) is 5.32 Å². The number of Topliss-reactive ketones (excluding diaryl/α,β-unsaturated/α-hetero) is 1. The fourth-order valence-corrected chi connectivity index (χ4v) is 7.06. The first-order valence-corrected chi connectivity index (χ1v) is 17.4. The number of fused-ring (bicyclic) bond motifs is 14. The Morgan fingerprint density at radius 3 is 2.26 bits per heavy atom. The first-order chi connectivity index (χ1) is 24.5. The first-order valence-electron chi connectivity index (χ1n) is 17.4. The number of ketones is 1. The van der Waals surface area contributed by atoms with Gasteiger partial charge in [0.2, 0.25) is 5.91 Å². The van der Waals surface area contributed by atoms with Crippen LogP contribution in [0.15, 0.2) is 52.6 Å². The van der Waals surface area contributed by atoms with E-state index in [1.54, 1.807) is 53.0 Å². The van der Waals surface area contributed by atoms with Gasteiger partial charge in [0.05, 0.1) is 30.7 Å². The van der Waals surface area contributed by atoms with E-state index in [9.17, 15) is 30.3 Å². The zero-order valence-electron chi connectivity index (χ0n) is 32.1. The fraction of sp³-hybridized carbons (Fsp3) is 0.513. The third-order valence-electron chi connectivity index (χ3n) is 10.4. The van der Waals surface area contributed by atoms with Crippen LogP contribution in [0.3, 0.4) is 0 Å². The molecule has 14 heteroatoms. The number of carbonyl (C=O) groups is 2. The number of methoxy groups -OCH3 is 2. The topological polar surface area (TPSA) is 188 Å². The van der Waals surface area contributed by atoms with E-state index in [1.807, 2.05) is 13.8 Å². The molecule has 287 valence electrons. The number of hydrogen-bond donors (Lipinski definition) is 4. The Balaban J connectivity index is 0.00000756. The Bertz CT molecular complexity index is 1750. The smallest absolute Gasteiger partial charge is 0.295 e. The third-order valence-corrected chi connectivity index (χ3v) is 10.4. The number of oxime groups is 1. The van der Waals surface area contributed by atoms with Crippen molar-refractivity contribution < 1.29 is 81.4 Å². The molecule has 0 spiro atoms. The number of hydrogen-bond acceptors (Lipinski definition) is 11. The maximum absolute atomic E-state index is 14.0. The van der Waals surface area contributed by atoms with Crippen molar-refractivity contribution in [3.63, 3.8) is 0 Å². The number of allylic oxidation sites excluding steroid dienone is 4. The van der Waals surface area contributed by atoms with Crippen molar-refractivity contribution >= 4 is 23.1 Å². The van der Waals surface area contributed by atoms with E-state index in [0.29, 0.717) is 0 Å². The zero-order chi connectivity index (χ0) is 38.8. The van der Waals surface area contributed by atoms with Crippen LogP contribution in [0.2, 0.25) is 0 Å². The van der Waals surface area contributed by atoms with Crippen LogP contribution in [0.4, 0.5) is 0 Å². The van der Waals surface area contributed by atoms with Gasteiger partial charge in [0.15, 0.2) is 11.5 Å². The first kappa shape index (κ1) is 44.1. The van der Waals surface area contributed by atoms with Gasteiger partial charge < -0.3 is 54.6 Å². The Labute approximate surface area is 336 Å². The van der Waals surface area contributed by atoms with Crippen molar-refractivity contribution in [2.45, 2.75) is 85.6 Å². The second-order valence-electron chi connectivity index (χ2n) is 13.8. The van der Waals surface area contributed by atoms with E-state index < -0.39 is 71.1 Å². The van der Waals surface area contributed by atoms with E-state index >= 15 is 0 Å². The van der Waals surface area contributed by atoms with Crippen LogP contribution >= 0.6 is 0 Å². The van der Waals surface area contributed by atoms with Gasteiger partial charge in [-0.1, -0.05) is 56.6 Å². The molecular weight excluding hydrogens is 759 g/mol. The average Bonchev–Trinajstić information content (AvgIpc) is 3.41. The summed E-state index contributed by atoms with van der Waals surface area (Å²) in [5.41, 5.74) is -0.838. The molecule has 3 aliphatic heterocycles. The van der Waals surface area contributed by atoms with E-state index in [2.05, 4.69) is 17.4 Å². The third kappa shape index (κ3) is 8.35. The minimum atomic E-state index is -1.69. The number of aliphatic hydroxyl groups is 2. The predicted octanol–water partition coefficient (Wildman–Crippen LogP) is 4.65. The van der Waals surface area contributed by atoms with Gasteiger partial charge in [-0.15, -0.1) is 0 Å². The number of aliphatic hydroxyl groups excluding tert-OH is 2. The fourth-order valence-electron chi connectivity index (χ4n) is 7.06. The SMILES string of the molecule is [CH2-]C1=C2NC(=O)/C(C)=C\C=C\[C@H](C)[C@H](O)[C@@H](C)[C@@H](O)[C@@H](C)[C@H](OC)[C@H](C)[C@@H](OC)/C=C/O[C@@]3(C)Oc4c(C)c(O)c(c(c4/C3=N/OCC)C1=[N-])C2=O.[Y]. The summed E-state index contributed by atoms with van der Waals surface area (Å²) < 4.78 is 24.2. The van der Waals surface area contributed by atoms with Crippen LogP contribution in [0.5, 0.6) is 11.5 Å². The standard InChI is InChI=1S/C39H51N3O10.Y/c1-12-51-42-37-28-26-27-33(45)24(8)36(28)52-39(37,9)50-17-16-25(48-10)20(4)35(49-11)23(7)32(44)22(6)31(43)18(2)14-13-15-19(3)38(47)41-30(34(27)46)21(5)29(26)40;/h13-18,20,22-23,25,31-32,35,43-45H,5,12H2,1-4,6-11H3,(H,41,47);/q-2;/b14-13+,17-16+,19-15-,42-37-;/t18-,20+,22+,23+,25-,31-,32+,35+,39-;/m0./s1. The number of rotatable bonds is 4. The molecule has 53 heavy (non-hydrogen) atoms. The van der Waals surface area contributed by atoms with Gasteiger partial charge >= 0.3 is 0 Å². The number of amides is 1. The van der Waals surface area contributed by atoms with Crippen molar-refractivity contribution in [2.75, 3.05) is 20.8 Å². The Morgan fingerprint density at radius 1 is 1.00 bits per heavy atom. The molecule has 0 fully saturated rings. The summed E-state index contributed by atoms with van der Waals surface area (Å²) in [4.78, 5) is 32.8. The van der Waals surface area contributed by atoms with Gasteiger partial charge in [0.25, 0.3) is 5.79 Å². The monoisotopic (exact) mass is 810 g/mol. The Morgan fingerprint density at radius 2 is 1.66 bits per heavy atom. The molecule has 0 aromatic heterocycles. The minimum absolute atomic E-state index is 0. The van der Waals surface area contributed by atoms with Gasteiger partial charge in [-0.25, -0.2) is 0 Å². The molecule has 1 aromatic rings. The number of ether oxygens (including phenoxy) is 4. The summed E-state index contributed by atoms with van der Waals surface area (Å²) in [6.07, 6.45) is 4.87. The van der Waals surface area contributed by atoms with Crippen molar-refractivity contribution in [2.24, 2.45) is 28.8 Å². The maximum Gasteiger partial charge on any atom is 0.295 e. The van der Waals surface area contributed by atoms with Crippen molar-refractivity contribution in [1.29, 1.82) is 0 Å². The van der Waals surface area contributed by atoms with Gasteiger partial charge in [-0.05, 0) is 32.5 Å².